The molecule has 0 saturated carbocycles. The fourth-order valence-electron chi connectivity index (χ4n) is 0.839. The molecule has 3 heteroatoms. The Bertz CT molecular complexity index is 134. The number of nitrogens with zero attached hydrogens (tertiary/aromatic N) is 1. The molecule has 2 N–H and O–H groups in total. The zero-order valence-corrected chi connectivity index (χ0v) is 7.79. The van der Waals surface area contributed by atoms with Gasteiger partial charge in [0.25, 0.3) is 0 Å². The summed E-state index contributed by atoms with van der Waals surface area (Å²) >= 11 is 0. The molecule has 3 nitrogen and oxygen atoms in total. The first-order valence-electron chi connectivity index (χ1n) is 3.91. The van der Waals surface area contributed by atoms with Crippen molar-refractivity contribution in [2.75, 3.05) is 14.1 Å². The van der Waals surface area contributed by atoms with E-state index in [-0.39, 0.29) is 11.8 Å². The summed E-state index contributed by atoms with van der Waals surface area (Å²) in [4.78, 5) is 12.7. The van der Waals surface area contributed by atoms with E-state index < -0.39 is 0 Å². The Morgan fingerprint density at radius 1 is 1.45 bits per heavy atom. The summed E-state index contributed by atoms with van der Waals surface area (Å²) in [6.45, 7) is 3.95. The highest BCUT2D eigenvalue weighted by Gasteiger charge is 2.14. The summed E-state index contributed by atoms with van der Waals surface area (Å²) in [5.41, 5.74) is 5.13. The molecule has 0 aliphatic heterocycles. The first kappa shape index (κ1) is 10.4. The fraction of sp³-hybridized carbons (Fsp3) is 0.875. The van der Waals surface area contributed by atoms with Crippen molar-refractivity contribution in [1.29, 1.82) is 0 Å². The standard InChI is InChI=1S/C8H18N2O/c1-6(8(9)11)5-7(2)10(3)4/h6-7H,5H2,1-4H3,(H2,9,11). The summed E-state index contributed by atoms with van der Waals surface area (Å²) in [6.07, 6.45) is 0.836. The van der Waals surface area contributed by atoms with Gasteiger partial charge in [0, 0.05) is 12.0 Å². The third-order valence-electron chi connectivity index (χ3n) is 2.06. The molecule has 0 aliphatic rings. The number of carbonyl (C=O) groups excluding carboxylic acids is 1. The lowest BCUT2D eigenvalue weighted by atomic mass is 10.0. The number of amides is 1. The molecule has 0 rings (SSSR count). The van der Waals surface area contributed by atoms with Crippen LogP contribution < -0.4 is 5.73 Å². The van der Waals surface area contributed by atoms with E-state index in [0.717, 1.165) is 6.42 Å². The lowest BCUT2D eigenvalue weighted by Crippen LogP contribution is -2.31. The third-order valence-corrected chi connectivity index (χ3v) is 2.06. The van der Waals surface area contributed by atoms with Crippen molar-refractivity contribution >= 4 is 5.91 Å². The molecule has 0 radical (unpaired) electrons. The van der Waals surface area contributed by atoms with Crippen LogP contribution in [-0.2, 0) is 4.79 Å². The van der Waals surface area contributed by atoms with E-state index in [9.17, 15) is 4.79 Å². The normalized spacial score (nSPS) is 16.5. The number of hydrogen-bond donors (Lipinski definition) is 1. The lowest BCUT2D eigenvalue weighted by Gasteiger charge is -2.21. The molecule has 0 spiro atoms. The van der Waals surface area contributed by atoms with Crippen LogP contribution in [0, 0.1) is 5.92 Å². The van der Waals surface area contributed by atoms with Crippen LogP contribution >= 0.6 is 0 Å². The Hall–Kier alpha value is -0.570. The Kier molecular flexibility index (Phi) is 4.11. The number of primary amides is 1. The van der Waals surface area contributed by atoms with E-state index >= 15 is 0 Å². The summed E-state index contributed by atoms with van der Waals surface area (Å²) in [5, 5.41) is 0. The van der Waals surface area contributed by atoms with E-state index in [1.54, 1.807) is 0 Å². The average molecular weight is 158 g/mol. The van der Waals surface area contributed by atoms with Gasteiger partial charge in [0.15, 0.2) is 0 Å². The second-order valence-electron chi connectivity index (χ2n) is 3.35. The van der Waals surface area contributed by atoms with Crippen LogP contribution in [0.1, 0.15) is 20.3 Å². The fourth-order valence-corrected chi connectivity index (χ4v) is 0.839. The predicted octanol–water partition coefficient (Wildman–Crippen LogP) is 0.448. The van der Waals surface area contributed by atoms with Gasteiger partial charge in [-0.2, -0.15) is 0 Å². The predicted molar refractivity (Wildman–Crippen MR) is 46.1 cm³/mol. The molecule has 11 heavy (non-hydrogen) atoms. The zero-order valence-electron chi connectivity index (χ0n) is 7.79. The molecule has 1 amide bonds. The maximum Gasteiger partial charge on any atom is 0.220 e. The zero-order chi connectivity index (χ0) is 9.02. The van der Waals surface area contributed by atoms with Crippen molar-refractivity contribution in [2.45, 2.75) is 26.3 Å². The largest absolute Gasteiger partial charge is 0.369 e. The van der Waals surface area contributed by atoms with Gasteiger partial charge in [0.05, 0.1) is 0 Å². The minimum Gasteiger partial charge on any atom is -0.369 e. The van der Waals surface area contributed by atoms with Crippen LogP contribution in [0.2, 0.25) is 0 Å². The highest BCUT2D eigenvalue weighted by Crippen LogP contribution is 2.07. The molecular weight excluding hydrogens is 140 g/mol. The van der Waals surface area contributed by atoms with Gasteiger partial charge < -0.3 is 10.6 Å². The molecule has 0 aromatic rings. The quantitative estimate of drug-likeness (QED) is 0.645. The molecule has 0 saturated heterocycles. The van der Waals surface area contributed by atoms with Gasteiger partial charge in [-0.3, -0.25) is 4.79 Å². The molecule has 0 aromatic heterocycles. The van der Waals surface area contributed by atoms with E-state index in [2.05, 4.69) is 11.8 Å². The summed E-state index contributed by atoms with van der Waals surface area (Å²) in [5.74, 6) is -0.230. The van der Waals surface area contributed by atoms with Gasteiger partial charge in [-0.05, 0) is 27.4 Å². The van der Waals surface area contributed by atoms with Crippen LogP contribution in [0.5, 0.6) is 0 Å². The second kappa shape index (κ2) is 4.34. The van der Waals surface area contributed by atoms with E-state index in [4.69, 9.17) is 5.73 Å². The first-order chi connectivity index (χ1) is 4.95. The first-order valence-corrected chi connectivity index (χ1v) is 3.91. The molecule has 2 unspecified atom stereocenters. The molecule has 2 atom stereocenters. The monoisotopic (exact) mass is 158 g/mol. The molecule has 66 valence electrons. The van der Waals surface area contributed by atoms with Crippen LogP contribution in [0.15, 0.2) is 0 Å². The summed E-state index contributed by atoms with van der Waals surface area (Å²) in [6, 6.07) is 0.414. The summed E-state index contributed by atoms with van der Waals surface area (Å²) in [7, 11) is 4.00. The summed E-state index contributed by atoms with van der Waals surface area (Å²) < 4.78 is 0. The minimum absolute atomic E-state index is 0.0209. The topological polar surface area (TPSA) is 46.3 Å². The van der Waals surface area contributed by atoms with Crippen molar-refractivity contribution < 1.29 is 4.79 Å². The van der Waals surface area contributed by atoms with Crippen molar-refractivity contribution in [3.8, 4) is 0 Å². The number of carbonyl (C=O) groups is 1. The Balaban J connectivity index is 3.75. The highest BCUT2D eigenvalue weighted by molar-refractivity contribution is 5.76. The Labute approximate surface area is 68.6 Å². The highest BCUT2D eigenvalue weighted by atomic mass is 16.1. The van der Waals surface area contributed by atoms with Crippen LogP contribution in [0.3, 0.4) is 0 Å². The molecule has 0 heterocycles. The molecule has 0 fully saturated rings. The van der Waals surface area contributed by atoms with E-state index in [0.29, 0.717) is 6.04 Å². The smallest absolute Gasteiger partial charge is 0.220 e. The molecule has 0 aromatic carbocycles. The van der Waals surface area contributed by atoms with Crippen molar-refractivity contribution in [1.82, 2.24) is 4.90 Å². The third kappa shape index (κ3) is 3.98. The molecule has 0 aliphatic carbocycles. The Morgan fingerprint density at radius 2 is 1.91 bits per heavy atom. The van der Waals surface area contributed by atoms with Gasteiger partial charge in [-0.25, -0.2) is 0 Å². The van der Waals surface area contributed by atoms with Gasteiger partial charge in [-0.1, -0.05) is 6.92 Å². The van der Waals surface area contributed by atoms with Crippen molar-refractivity contribution in [2.24, 2.45) is 11.7 Å². The average Bonchev–Trinajstić information content (AvgIpc) is 1.87. The Morgan fingerprint density at radius 3 is 2.18 bits per heavy atom. The van der Waals surface area contributed by atoms with Gasteiger partial charge in [0.2, 0.25) is 5.91 Å². The van der Waals surface area contributed by atoms with Crippen LogP contribution in [0.4, 0.5) is 0 Å². The van der Waals surface area contributed by atoms with Crippen LogP contribution in [0.25, 0.3) is 0 Å². The van der Waals surface area contributed by atoms with Gasteiger partial charge in [0.1, 0.15) is 0 Å². The van der Waals surface area contributed by atoms with Gasteiger partial charge >= 0.3 is 0 Å². The van der Waals surface area contributed by atoms with Crippen molar-refractivity contribution in [3.05, 3.63) is 0 Å². The van der Waals surface area contributed by atoms with Crippen LogP contribution in [-0.4, -0.2) is 30.9 Å². The maximum absolute atomic E-state index is 10.7. The van der Waals surface area contributed by atoms with Gasteiger partial charge in [-0.15, -0.1) is 0 Å². The number of nitrogens with two attached hydrogens (primary N) is 1. The van der Waals surface area contributed by atoms with E-state index in [1.807, 2.05) is 21.0 Å². The molecular formula is C8H18N2O. The second-order valence-corrected chi connectivity index (χ2v) is 3.35. The van der Waals surface area contributed by atoms with Crippen molar-refractivity contribution in [3.63, 3.8) is 0 Å². The SMILES string of the molecule is CC(CC(C)N(C)C)C(N)=O. The van der Waals surface area contributed by atoms with E-state index in [1.165, 1.54) is 0 Å². The lowest BCUT2D eigenvalue weighted by molar-refractivity contribution is -0.121. The maximum atomic E-state index is 10.7. The number of hydrogen-bond acceptors (Lipinski definition) is 2. The number of rotatable bonds is 4. The molecule has 0 bridgehead atoms. The minimum atomic E-state index is -0.210.